The Labute approximate surface area is 119 Å². The van der Waals surface area contributed by atoms with Crippen molar-refractivity contribution in [2.24, 2.45) is 10.9 Å². The van der Waals surface area contributed by atoms with E-state index < -0.39 is 0 Å². The van der Waals surface area contributed by atoms with Gasteiger partial charge in [0.2, 0.25) is 0 Å². The Bertz CT molecular complexity index is 598. The highest BCUT2D eigenvalue weighted by molar-refractivity contribution is 6.06. The van der Waals surface area contributed by atoms with E-state index in [1.807, 2.05) is 18.5 Å². The van der Waals surface area contributed by atoms with Crippen molar-refractivity contribution in [3.63, 3.8) is 0 Å². The molecule has 0 saturated carbocycles. The van der Waals surface area contributed by atoms with Crippen LogP contribution in [0.2, 0.25) is 0 Å². The molecule has 20 heavy (non-hydrogen) atoms. The van der Waals surface area contributed by atoms with E-state index >= 15 is 0 Å². The number of fused-ring (bicyclic) bond motifs is 2. The zero-order chi connectivity index (χ0) is 13.4. The van der Waals surface area contributed by atoms with Gasteiger partial charge >= 0.3 is 0 Å². The number of nitrogens with zero attached hydrogens (tertiary/aromatic N) is 3. The Morgan fingerprint density at radius 1 is 1.25 bits per heavy atom. The third-order valence-corrected chi connectivity index (χ3v) is 4.58. The summed E-state index contributed by atoms with van der Waals surface area (Å²) in [4.78, 5) is 11.5. The van der Waals surface area contributed by atoms with E-state index in [2.05, 4.69) is 33.1 Å². The fraction of sp³-hybridized carbons (Fsp3) is 0.412. The molecule has 0 N–H and O–H groups in total. The van der Waals surface area contributed by atoms with Crippen LogP contribution < -0.4 is 0 Å². The van der Waals surface area contributed by atoms with Crippen molar-refractivity contribution in [2.45, 2.75) is 32.2 Å². The largest absolute Gasteiger partial charge is 0.368 e. The lowest BCUT2D eigenvalue weighted by Gasteiger charge is -2.40. The molecule has 0 radical (unpaired) electrons. The predicted molar refractivity (Wildman–Crippen MR) is 80.2 cm³/mol. The van der Waals surface area contributed by atoms with Gasteiger partial charge in [-0.3, -0.25) is 9.98 Å². The zero-order valence-electron chi connectivity index (χ0n) is 11.6. The van der Waals surface area contributed by atoms with Crippen LogP contribution in [0.4, 0.5) is 0 Å². The van der Waals surface area contributed by atoms with E-state index in [1.165, 1.54) is 36.2 Å². The third-order valence-electron chi connectivity index (χ3n) is 4.58. The molecule has 3 heteroatoms. The summed E-state index contributed by atoms with van der Waals surface area (Å²) in [5.74, 6) is 0.726. The van der Waals surface area contributed by atoms with Crippen molar-refractivity contribution in [3.05, 3.63) is 53.6 Å². The molecule has 0 spiro atoms. The summed E-state index contributed by atoms with van der Waals surface area (Å²) < 4.78 is 0. The van der Waals surface area contributed by atoms with Crippen molar-refractivity contribution in [1.29, 1.82) is 0 Å². The van der Waals surface area contributed by atoms with E-state index in [4.69, 9.17) is 0 Å². The van der Waals surface area contributed by atoms with Gasteiger partial charge in [-0.05, 0) is 49.8 Å². The van der Waals surface area contributed by atoms with Gasteiger partial charge in [0.05, 0.1) is 12.2 Å². The van der Waals surface area contributed by atoms with Crippen LogP contribution in [0.3, 0.4) is 0 Å². The summed E-state index contributed by atoms with van der Waals surface area (Å²) in [6, 6.07) is 6.18. The Kier molecular flexibility index (Phi) is 2.91. The van der Waals surface area contributed by atoms with Crippen molar-refractivity contribution in [3.8, 4) is 0 Å². The van der Waals surface area contributed by atoms with Gasteiger partial charge in [0.1, 0.15) is 0 Å². The fourth-order valence-electron chi connectivity index (χ4n) is 3.68. The lowest BCUT2D eigenvalue weighted by atomic mass is 9.80. The summed E-state index contributed by atoms with van der Waals surface area (Å²) >= 11 is 0. The molecule has 4 rings (SSSR count). The van der Waals surface area contributed by atoms with Crippen LogP contribution in [0.15, 0.2) is 52.9 Å². The number of hydrogen-bond donors (Lipinski definition) is 0. The minimum absolute atomic E-state index is 0.726. The Morgan fingerprint density at radius 2 is 2.25 bits per heavy atom. The van der Waals surface area contributed by atoms with E-state index in [0.717, 1.165) is 31.1 Å². The molecule has 3 aliphatic rings. The number of pyridine rings is 1. The second kappa shape index (κ2) is 4.89. The molecule has 0 amide bonds. The highest BCUT2D eigenvalue weighted by Gasteiger charge is 2.33. The maximum Gasteiger partial charge on any atom is 0.0599 e. The standard InChI is InChI=1S/C17H19N3/c1-2-9-18-14(5-1)12-20-11-3-4-13-6-7-16-15(17(13)20)8-10-19-16/h1-2,5,8-10,13H,3-4,6-7,11-12H2. The first-order valence-electron chi connectivity index (χ1n) is 7.54. The topological polar surface area (TPSA) is 28.5 Å². The molecule has 1 atom stereocenters. The predicted octanol–water partition coefficient (Wildman–Crippen LogP) is 3.31. The molecule has 1 aromatic rings. The first kappa shape index (κ1) is 11.9. The highest BCUT2D eigenvalue weighted by atomic mass is 15.2. The molecule has 1 unspecified atom stereocenters. The second-order valence-electron chi connectivity index (χ2n) is 5.81. The molecule has 3 nitrogen and oxygen atoms in total. The Balaban J connectivity index is 1.68. The smallest absolute Gasteiger partial charge is 0.0599 e. The van der Waals surface area contributed by atoms with E-state index in [1.54, 1.807) is 0 Å². The lowest BCUT2D eigenvalue weighted by molar-refractivity contribution is 0.223. The van der Waals surface area contributed by atoms with Crippen LogP contribution in [0.5, 0.6) is 0 Å². The maximum absolute atomic E-state index is 4.53. The fourth-order valence-corrected chi connectivity index (χ4v) is 3.68. The van der Waals surface area contributed by atoms with Gasteiger partial charge in [0.25, 0.3) is 0 Å². The van der Waals surface area contributed by atoms with E-state index in [-0.39, 0.29) is 0 Å². The van der Waals surface area contributed by atoms with E-state index in [0.29, 0.717) is 0 Å². The molecule has 1 aromatic heterocycles. The van der Waals surface area contributed by atoms with Crippen LogP contribution in [0, 0.1) is 5.92 Å². The van der Waals surface area contributed by atoms with Gasteiger partial charge < -0.3 is 4.90 Å². The van der Waals surface area contributed by atoms with Crippen molar-refractivity contribution in [1.82, 2.24) is 9.88 Å². The van der Waals surface area contributed by atoms with Crippen LogP contribution in [0.1, 0.15) is 31.4 Å². The molecule has 1 saturated heterocycles. The molecule has 1 fully saturated rings. The SMILES string of the molecule is C1=CC2=C3C(CCCN3Cc3ccccn3)CCC2=N1. The zero-order valence-corrected chi connectivity index (χ0v) is 11.6. The molecule has 102 valence electrons. The van der Waals surface area contributed by atoms with Crippen LogP contribution in [0.25, 0.3) is 0 Å². The van der Waals surface area contributed by atoms with Gasteiger partial charge in [0, 0.05) is 35.9 Å². The number of rotatable bonds is 2. The van der Waals surface area contributed by atoms with Gasteiger partial charge in [-0.2, -0.15) is 0 Å². The maximum atomic E-state index is 4.53. The average Bonchev–Trinajstić information content (AvgIpc) is 2.97. The molecule has 3 heterocycles. The first-order valence-corrected chi connectivity index (χ1v) is 7.54. The van der Waals surface area contributed by atoms with Gasteiger partial charge in [-0.15, -0.1) is 0 Å². The van der Waals surface area contributed by atoms with Gasteiger partial charge in [-0.1, -0.05) is 6.07 Å². The van der Waals surface area contributed by atoms with Gasteiger partial charge in [-0.25, -0.2) is 0 Å². The number of aromatic nitrogens is 1. The van der Waals surface area contributed by atoms with Crippen molar-refractivity contribution >= 4 is 5.71 Å². The third kappa shape index (κ3) is 1.98. The lowest BCUT2D eigenvalue weighted by Crippen LogP contribution is -2.37. The molecule has 1 aliphatic carbocycles. The Hall–Kier alpha value is -1.90. The number of piperidine rings is 1. The van der Waals surface area contributed by atoms with Crippen LogP contribution in [-0.2, 0) is 6.54 Å². The molecule has 0 aromatic carbocycles. The summed E-state index contributed by atoms with van der Waals surface area (Å²) in [6.07, 6.45) is 11.1. The van der Waals surface area contributed by atoms with Crippen molar-refractivity contribution in [2.75, 3.05) is 6.54 Å². The molecular weight excluding hydrogens is 246 g/mol. The summed E-state index contributed by atoms with van der Waals surface area (Å²) in [7, 11) is 0. The second-order valence-corrected chi connectivity index (χ2v) is 5.81. The highest BCUT2D eigenvalue weighted by Crippen LogP contribution is 2.39. The summed E-state index contributed by atoms with van der Waals surface area (Å²) in [5.41, 5.74) is 5.38. The summed E-state index contributed by atoms with van der Waals surface area (Å²) in [6.45, 7) is 2.07. The molecule has 2 aliphatic heterocycles. The first-order chi connectivity index (χ1) is 9.92. The van der Waals surface area contributed by atoms with Gasteiger partial charge in [0.15, 0.2) is 0 Å². The van der Waals surface area contributed by atoms with E-state index in [9.17, 15) is 0 Å². The van der Waals surface area contributed by atoms with Crippen LogP contribution >= 0.6 is 0 Å². The average molecular weight is 265 g/mol. The number of likely N-dealkylation sites (tertiary alicyclic amines) is 1. The minimum atomic E-state index is 0.726. The molecular formula is C17H19N3. The van der Waals surface area contributed by atoms with Crippen molar-refractivity contribution < 1.29 is 0 Å². The quantitative estimate of drug-likeness (QED) is 0.820. The number of hydrogen-bond acceptors (Lipinski definition) is 3. The summed E-state index contributed by atoms with van der Waals surface area (Å²) in [5, 5.41) is 0. The molecule has 0 bridgehead atoms. The monoisotopic (exact) mass is 265 g/mol. The van der Waals surface area contributed by atoms with Crippen LogP contribution in [-0.4, -0.2) is 22.1 Å². The number of allylic oxidation sites excluding steroid dienone is 3. The normalized spacial score (nSPS) is 24.5. The number of aliphatic imine (C=N–C) groups is 1. The Morgan fingerprint density at radius 3 is 3.15 bits per heavy atom. The minimum Gasteiger partial charge on any atom is -0.368 e.